The third-order valence-corrected chi connectivity index (χ3v) is 4.64. The summed E-state index contributed by atoms with van der Waals surface area (Å²) >= 11 is 1.70. The summed E-state index contributed by atoms with van der Waals surface area (Å²) in [6, 6.07) is 7.90. The fraction of sp³-hybridized carbons (Fsp3) is 0.353. The largest absolute Gasteiger partial charge is 0.497 e. The third-order valence-electron chi connectivity index (χ3n) is 3.70. The van der Waals surface area contributed by atoms with E-state index in [0.29, 0.717) is 0 Å². The van der Waals surface area contributed by atoms with Crippen LogP contribution in [0.3, 0.4) is 0 Å². The maximum atomic E-state index is 5.21. The van der Waals surface area contributed by atoms with Gasteiger partial charge in [-0.05, 0) is 43.7 Å². The van der Waals surface area contributed by atoms with Crippen LogP contribution in [0.25, 0.3) is 11.4 Å². The van der Waals surface area contributed by atoms with Crippen LogP contribution in [0, 0.1) is 6.92 Å². The molecule has 2 heterocycles. The lowest BCUT2D eigenvalue weighted by Crippen LogP contribution is -2.03. The van der Waals surface area contributed by atoms with E-state index in [-0.39, 0.29) is 0 Å². The number of benzene rings is 1. The highest BCUT2D eigenvalue weighted by molar-refractivity contribution is 7.99. The molecule has 0 spiro atoms. The Morgan fingerprint density at radius 1 is 1.17 bits per heavy atom. The van der Waals surface area contributed by atoms with Crippen molar-refractivity contribution in [1.29, 1.82) is 0 Å². The van der Waals surface area contributed by atoms with Crippen LogP contribution < -0.4 is 4.74 Å². The van der Waals surface area contributed by atoms with E-state index in [4.69, 9.17) is 4.74 Å². The van der Waals surface area contributed by atoms with Crippen molar-refractivity contribution < 1.29 is 4.74 Å². The van der Waals surface area contributed by atoms with Crippen LogP contribution in [-0.2, 0) is 13.1 Å². The summed E-state index contributed by atoms with van der Waals surface area (Å²) in [7, 11) is 1.67. The third kappa shape index (κ3) is 3.62. The zero-order valence-electron chi connectivity index (χ0n) is 14.1. The van der Waals surface area contributed by atoms with Gasteiger partial charge in [-0.3, -0.25) is 4.68 Å². The topological polar surface area (TPSA) is 57.8 Å². The summed E-state index contributed by atoms with van der Waals surface area (Å²) in [4.78, 5) is 0. The number of thioether (sulfide) groups is 1. The smallest absolute Gasteiger partial charge is 0.191 e. The maximum absolute atomic E-state index is 5.21. The van der Waals surface area contributed by atoms with Crippen LogP contribution in [-0.4, -0.2) is 37.4 Å². The maximum Gasteiger partial charge on any atom is 0.191 e. The van der Waals surface area contributed by atoms with Crippen molar-refractivity contribution in [3.8, 4) is 17.1 Å². The molecule has 0 radical (unpaired) electrons. The van der Waals surface area contributed by atoms with E-state index in [0.717, 1.165) is 41.1 Å². The Hall–Kier alpha value is -2.28. The van der Waals surface area contributed by atoms with Crippen molar-refractivity contribution in [1.82, 2.24) is 24.5 Å². The average Bonchev–Trinajstić information content (AvgIpc) is 3.21. The zero-order chi connectivity index (χ0) is 16.9. The second-order valence-electron chi connectivity index (χ2n) is 5.41. The van der Waals surface area contributed by atoms with Crippen LogP contribution in [0.15, 0.2) is 41.8 Å². The molecule has 0 aliphatic rings. The molecular weight excluding hydrogens is 322 g/mol. The van der Waals surface area contributed by atoms with Gasteiger partial charge in [0.25, 0.3) is 0 Å². The minimum absolute atomic E-state index is 0.831. The first-order chi connectivity index (χ1) is 11.7. The summed E-state index contributed by atoms with van der Waals surface area (Å²) in [5.74, 6) is 2.63. The monoisotopic (exact) mass is 343 g/mol. The SMILES string of the molecule is CCn1c(SCCn2cc(C)cn2)nnc1-c1ccc(OC)cc1. The highest BCUT2D eigenvalue weighted by Gasteiger charge is 2.13. The van der Waals surface area contributed by atoms with Crippen molar-refractivity contribution in [3.05, 3.63) is 42.2 Å². The first-order valence-corrected chi connectivity index (χ1v) is 8.89. The quantitative estimate of drug-likeness (QED) is 0.616. The van der Waals surface area contributed by atoms with Crippen LogP contribution in [0.4, 0.5) is 0 Å². The highest BCUT2D eigenvalue weighted by atomic mass is 32.2. The van der Waals surface area contributed by atoms with Crippen molar-refractivity contribution in [2.75, 3.05) is 12.9 Å². The number of nitrogens with zero attached hydrogens (tertiary/aromatic N) is 5. The summed E-state index contributed by atoms with van der Waals surface area (Å²) in [5, 5.41) is 14.0. The molecule has 0 atom stereocenters. The first kappa shape index (κ1) is 16.6. The molecule has 0 saturated heterocycles. The Kier molecular flexibility index (Phi) is 5.20. The number of methoxy groups -OCH3 is 1. The van der Waals surface area contributed by atoms with Crippen molar-refractivity contribution in [3.63, 3.8) is 0 Å². The lowest BCUT2D eigenvalue weighted by atomic mass is 10.2. The fourth-order valence-electron chi connectivity index (χ4n) is 2.45. The highest BCUT2D eigenvalue weighted by Crippen LogP contribution is 2.25. The summed E-state index contributed by atoms with van der Waals surface area (Å²) in [6.07, 6.45) is 3.93. The molecule has 0 fully saturated rings. The van der Waals surface area contributed by atoms with Crippen LogP contribution >= 0.6 is 11.8 Å². The van der Waals surface area contributed by atoms with Crippen molar-refractivity contribution in [2.45, 2.75) is 32.1 Å². The normalized spacial score (nSPS) is 11.0. The summed E-state index contributed by atoms with van der Waals surface area (Å²) < 4.78 is 9.31. The standard InChI is InChI=1S/C17H21N5OS/c1-4-22-16(14-5-7-15(23-3)8-6-14)19-20-17(22)24-10-9-21-12-13(2)11-18-21/h5-8,11-12H,4,9-10H2,1-3H3. The molecule has 3 aromatic rings. The predicted octanol–water partition coefficient (Wildman–Crippen LogP) is 3.27. The van der Waals surface area contributed by atoms with Gasteiger partial charge in [0.15, 0.2) is 11.0 Å². The van der Waals surface area contributed by atoms with Crippen LogP contribution in [0.1, 0.15) is 12.5 Å². The van der Waals surface area contributed by atoms with Gasteiger partial charge in [0, 0.05) is 24.1 Å². The Morgan fingerprint density at radius 2 is 1.96 bits per heavy atom. The number of aryl methyl sites for hydroxylation is 2. The molecule has 24 heavy (non-hydrogen) atoms. The van der Waals surface area contributed by atoms with Gasteiger partial charge in [-0.1, -0.05) is 11.8 Å². The summed E-state index contributed by atoms with van der Waals surface area (Å²) in [6.45, 7) is 5.84. The molecule has 3 rings (SSSR count). The number of ether oxygens (including phenoxy) is 1. The van der Waals surface area contributed by atoms with Crippen molar-refractivity contribution in [2.24, 2.45) is 0 Å². The minimum Gasteiger partial charge on any atom is -0.497 e. The second-order valence-corrected chi connectivity index (χ2v) is 6.47. The molecule has 0 aliphatic carbocycles. The van der Waals surface area contributed by atoms with E-state index in [1.165, 1.54) is 5.56 Å². The molecule has 2 aromatic heterocycles. The Bertz CT molecular complexity index is 794. The van der Waals surface area contributed by atoms with Gasteiger partial charge in [0.1, 0.15) is 5.75 Å². The Morgan fingerprint density at radius 3 is 2.58 bits per heavy atom. The van der Waals surface area contributed by atoms with Crippen LogP contribution in [0.2, 0.25) is 0 Å². The van der Waals surface area contributed by atoms with E-state index in [1.807, 2.05) is 48.3 Å². The molecule has 0 N–H and O–H groups in total. The second kappa shape index (κ2) is 7.53. The molecule has 0 bridgehead atoms. The first-order valence-electron chi connectivity index (χ1n) is 7.90. The average molecular weight is 343 g/mol. The predicted molar refractivity (Wildman–Crippen MR) is 95.4 cm³/mol. The summed E-state index contributed by atoms with van der Waals surface area (Å²) in [5.41, 5.74) is 2.22. The molecule has 0 aliphatic heterocycles. The van der Waals surface area contributed by atoms with Gasteiger partial charge < -0.3 is 9.30 Å². The molecule has 0 amide bonds. The minimum atomic E-state index is 0.831. The zero-order valence-corrected chi connectivity index (χ0v) is 15.0. The number of hydrogen-bond acceptors (Lipinski definition) is 5. The lowest BCUT2D eigenvalue weighted by Gasteiger charge is -2.08. The van der Waals surface area contributed by atoms with Crippen LogP contribution in [0.5, 0.6) is 5.75 Å². The van der Waals surface area contributed by atoms with E-state index in [1.54, 1.807) is 18.9 Å². The Balaban J connectivity index is 1.71. The van der Waals surface area contributed by atoms with Gasteiger partial charge in [-0.15, -0.1) is 10.2 Å². The van der Waals surface area contributed by atoms with E-state index >= 15 is 0 Å². The molecular formula is C17H21N5OS. The lowest BCUT2D eigenvalue weighted by molar-refractivity contribution is 0.415. The molecule has 6 nitrogen and oxygen atoms in total. The van der Waals surface area contributed by atoms with Gasteiger partial charge in [0.2, 0.25) is 0 Å². The molecule has 7 heteroatoms. The molecule has 0 unspecified atom stereocenters. The van der Waals surface area contributed by atoms with E-state index in [9.17, 15) is 0 Å². The van der Waals surface area contributed by atoms with Gasteiger partial charge in [-0.2, -0.15) is 5.10 Å². The van der Waals surface area contributed by atoms with E-state index < -0.39 is 0 Å². The van der Waals surface area contributed by atoms with Gasteiger partial charge >= 0.3 is 0 Å². The van der Waals surface area contributed by atoms with Gasteiger partial charge in [0.05, 0.1) is 19.9 Å². The fourth-order valence-corrected chi connectivity index (χ4v) is 3.38. The number of rotatable bonds is 7. The van der Waals surface area contributed by atoms with Gasteiger partial charge in [-0.25, -0.2) is 0 Å². The molecule has 1 aromatic carbocycles. The Labute approximate surface area is 145 Å². The molecule has 126 valence electrons. The molecule has 0 saturated carbocycles. The number of hydrogen-bond donors (Lipinski definition) is 0. The van der Waals surface area contributed by atoms with Crippen molar-refractivity contribution >= 4 is 11.8 Å². The number of aromatic nitrogens is 5. The van der Waals surface area contributed by atoms with E-state index in [2.05, 4.69) is 26.8 Å².